The third kappa shape index (κ3) is 3.84. The lowest BCUT2D eigenvalue weighted by atomic mass is 9.84. The van der Waals surface area contributed by atoms with Crippen molar-refractivity contribution in [2.24, 2.45) is 0 Å². The largest absolute Gasteiger partial charge is 0.290 e. The second kappa shape index (κ2) is 8.85. The van der Waals surface area contributed by atoms with E-state index in [1.807, 2.05) is 30.7 Å². The Balaban J connectivity index is 1.56. The molecule has 3 aromatic carbocycles. The molecule has 0 fully saturated rings. The molecule has 0 N–H and O–H groups in total. The maximum Gasteiger partial charge on any atom is 0.147 e. The lowest BCUT2D eigenvalue weighted by molar-refractivity contribution is 0.587. The molecule has 0 aliphatic heterocycles. The number of imidazole rings is 1. The van der Waals surface area contributed by atoms with Crippen molar-refractivity contribution in [3.63, 3.8) is 0 Å². The maximum absolute atomic E-state index is 5.22. The average Bonchev–Trinajstić information content (AvgIpc) is 3.52. The number of pyridine rings is 2. The zero-order valence-electron chi connectivity index (χ0n) is 22.4. The van der Waals surface area contributed by atoms with Crippen LogP contribution in [0.15, 0.2) is 97.5 Å². The van der Waals surface area contributed by atoms with Gasteiger partial charge in [0.15, 0.2) is 0 Å². The van der Waals surface area contributed by atoms with Gasteiger partial charge in [-0.3, -0.25) is 9.55 Å². The van der Waals surface area contributed by atoms with Crippen LogP contribution < -0.4 is 0 Å². The van der Waals surface area contributed by atoms with Crippen LogP contribution in [0, 0.1) is 6.92 Å². The van der Waals surface area contributed by atoms with Gasteiger partial charge in [-0.2, -0.15) is 0 Å². The molecule has 0 aliphatic rings. The standard InChI is InChI=1S/C34H28N4S/c1-21-12-14-25(31-30(21)24-11-8-17-36-33(24)39-31)32-37-27-16-18-35-20-29(27)38(32)28-15-13-23(19-26(28)34(2,3)4)22-9-6-5-7-10-22/h5-20H,1-4H3. The molecule has 0 bridgehead atoms. The number of rotatable bonds is 3. The Kier molecular flexibility index (Phi) is 5.39. The number of nitrogens with zero attached hydrogens (tertiary/aromatic N) is 4. The van der Waals surface area contributed by atoms with E-state index in [4.69, 9.17) is 4.98 Å². The highest BCUT2D eigenvalue weighted by Gasteiger charge is 2.25. The topological polar surface area (TPSA) is 43.6 Å². The van der Waals surface area contributed by atoms with E-state index in [2.05, 4.69) is 109 Å². The molecule has 5 heteroatoms. The van der Waals surface area contributed by atoms with Gasteiger partial charge < -0.3 is 0 Å². The summed E-state index contributed by atoms with van der Waals surface area (Å²) >= 11 is 1.74. The van der Waals surface area contributed by atoms with Gasteiger partial charge in [0.1, 0.15) is 10.7 Å². The minimum atomic E-state index is -0.0969. The molecule has 7 aromatic rings. The molecule has 0 unspecified atom stereocenters. The van der Waals surface area contributed by atoms with E-state index in [0.29, 0.717) is 0 Å². The van der Waals surface area contributed by atoms with Gasteiger partial charge in [-0.1, -0.05) is 63.2 Å². The minimum Gasteiger partial charge on any atom is -0.290 e. The van der Waals surface area contributed by atoms with Crippen molar-refractivity contribution in [1.29, 1.82) is 0 Å². The molecule has 39 heavy (non-hydrogen) atoms. The Morgan fingerprint density at radius 3 is 2.49 bits per heavy atom. The Morgan fingerprint density at radius 2 is 1.67 bits per heavy atom. The van der Waals surface area contributed by atoms with Crippen LogP contribution in [-0.4, -0.2) is 19.5 Å². The second-order valence-electron chi connectivity index (χ2n) is 11.1. The Morgan fingerprint density at radius 1 is 0.821 bits per heavy atom. The summed E-state index contributed by atoms with van der Waals surface area (Å²) in [5.74, 6) is 0.924. The number of aryl methyl sites for hydroxylation is 1. The van der Waals surface area contributed by atoms with Gasteiger partial charge in [0.2, 0.25) is 0 Å². The molecule has 0 saturated carbocycles. The molecule has 4 aromatic heterocycles. The predicted molar refractivity (Wildman–Crippen MR) is 164 cm³/mol. The van der Waals surface area contributed by atoms with Crippen LogP contribution in [0.5, 0.6) is 0 Å². The van der Waals surface area contributed by atoms with Crippen LogP contribution in [0.25, 0.3) is 59.5 Å². The summed E-state index contributed by atoms with van der Waals surface area (Å²) in [4.78, 5) is 15.5. The number of fused-ring (bicyclic) bond motifs is 4. The lowest BCUT2D eigenvalue weighted by Crippen LogP contribution is -2.16. The van der Waals surface area contributed by atoms with E-state index in [-0.39, 0.29) is 5.41 Å². The number of thiophene rings is 1. The van der Waals surface area contributed by atoms with Crippen LogP contribution in [0.3, 0.4) is 0 Å². The summed E-state index contributed by atoms with van der Waals surface area (Å²) in [5.41, 5.74) is 9.00. The van der Waals surface area contributed by atoms with E-state index in [1.54, 1.807) is 11.3 Å². The SMILES string of the molecule is Cc1ccc(-c2nc3ccncc3n2-c2ccc(-c3ccccc3)cc2C(C)(C)C)c2sc3ncccc3c12. The maximum atomic E-state index is 5.22. The highest BCUT2D eigenvalue weighted by Crippen LogP contribution is 2.43. The monoisotopic (exact) mass is 524 g/mol. The van der Waals surface area contributed by atoms with E-state index < -0.39 is 0 Å². The van der Waals surface area contributed by atoms with Gasteiger partial charge in [-0.05, 0) is 71.0 Å². The van der Waals surface area contributed by atoms with Crippen LogP contribution in [0.4, 0.5) is 0 Å². The first-order chi connectivity index (χ1) is 18.9. The van der Waals surface area contributed by atoms with Crippen LogP contribution in [0.2, 0.25) is 0 Å². The Hall–Kier alpha value is -4.35. The third-order valence-corrected chi connectivity index (χ3v) is 8.60. The van der Waals surface area contributed by atoms with E-state index >= 15 is 0 Å². The van der Waals surface area contributed by atoms with E-state index in [1.165, 1.54) is 37.7 Å². The highest BCUT2D eigenvalue weighted by atomic mass is 32.1. The van der Waals surface area contributed by atoms with Gasteiger partial charge in [0, 0.05) is 33.4 Å². The first-order valence-corrected chi connectivity index (χ1v) is 14.0. The normalized spacial score (nSPS) is 12.1. The molecular weight excluding hydrogens is 496 g/mol. The van der Waals surface area contributed by atoms with E-state index in [9.17, 15) is 0 Å². The van der Waals surface area contributed by atoms with Gasteiger partial charge in [-0.25, -0.2) is 9.97 Å². The molecule has 0 aliphatic carbocycles. The number of hydrogen-bond acceptors (Lipinski definition) is 4. The highest BCUT2D eigenvalue weighted by molar-refractivity contribution is 7.26. The van der Waals surface area contributed by atoms with Crippen molar-refractivity contribution in [3.05, 3.63) is 109 Å². The van der Waals surface area contributed by atoms with Gasteiger partial charge in [0.05, 0.1) is 22.9 Å². The van der Waals surface area contributed by atoms with Gasteiger partial charge in [0.25, 0.3) is 0 Å². The van der Waals surface area contributed by atoms with Crippen molar-refractivity contribution in [1.82, 2.24) is 19.5 Å². The fraction of sp³-hybridized carbons (Fsp3) is 0.147. The van der Waals surface area contributed by atoms with E-state index in [0.717, 1.165) is 32.9 Å². The zero-order chi connectivity index (χ0) is 26.7. The summed E-state index contributed by atoms with van der Waals surface area (Å²) in [6.45, 7) is 9.01. The van der Waals surface area contributed by atoms with Crippen LogP contribution in [0.1, 0.15) is 31.9 Å². The molecule has 0 spiro atoms. The molecule has 0 radical (unpaired) electrons. The first-order valence-electron chi connectivity index (χ1n) is 13.2. The predicted octanol–water partition coefficient (Wildman–Crippen LogP) is 9.12. The van der Waals surface area contributed by atoms with Crippen LogP contribution >= 0.6 is 11.3 Å². The Labute approximate surface area is 231 Å². The number of hydrogen-bond donors (Lipinski definition) is 0. The van der Waals surface area contributed by atoms with Crippen molar-refractivity contribution >= 4 is 42.7 Å². The summed E-state index contributed by atoms with van der Waals surface area (Å²) in [6.07, 6.45) is 5.62. The molecular formula is C34H28N4S. The molecule has 7 rings (SSSR count). The summed E-state index contributed by atoms with van der Waals surface area (Å²) in [6, 6.07) is 28.0. The molecule has 0 saturated heterocycles. The molecule has 0 atom stereocenters. The quantitative estimate of drug-likeness (QED) is 0.231. The van der Waals surface area contributed by atoms with Gasteiger partial charge in [-0.15, -0.1) is 11.3 Å². The van der Waals surface area contributed by atoms with Crippen molar-refractivity contribution < 1.29 is 0 Å². The smallest absolute Gasteiger partial charge is 0.147 e. The molecule has 4 nitrogen and oxygen atoms in total. The number of benzene rings is 3. The molecule has 0 amide bonds. The molecule has 4 heterocycles. The fourth-order valence-corrected chi connectivity index (χ4v) is 6.78. The van der Waals surface area contributed by atoms with Crippen LogP contribution in [-0.2, 0) is 5.41 Å². The minimum absolute atomic E-state index is 0.0969. The first kappa shape index (κ1) is 23.7. The van der Waals surface area contributed by atoms with Gasteiger partial charge >= 0.3 is 0 Å². The van der Waals surface area contributed by atoms with Crippen molar-refractivity contribution in [2.75, 3.05) is 0 Å². The zero-order valence-corrected chi connectivity index (χ0v) is 23.3. The lowest BCUT2D eigenvalue weighted by Gasteiger charge is -2.25. The fourth-order valence-electron chi connectivity index (χ4n) is 5.55. The van der Waals surface area contributed by atoms with Crippen molar-refractivity contribution in [3.8, 4) is 28.2 Å². The van der Waals surface area contributed by atoms with Crippen molar-refractivity contribution in [2.45, 2.75) is 33.1 Å². The summed E-state index contributed by atoms with van der Waals surface area (Å²) in [7, 11) is 0. The average molecular weight is 525 g/mol. The Bertz CT molecular complexity index is 2010. The summed E-state index contributed by atoms with van der Waals surface area (Å²) in [5, 5.41) is 2.46. The third-order valence-electron chi connectivity index (χ3n) is 7.46. The number of aromatic nitrogens is 4. The summed E-state index contributed by atoms with van der Waals surface area (Å²) < 4.78 is 3.52. The molecule has 190 valence electrons. The second-order valence-corrected chi connectivity index (χ2v) is 12.1.